The van der Waals surface area contributed by atoms with Crippen LogP contribution in [-0.2, 0) is 0 Å². The SMILES string of the molecule is O=Cc1ccc(-c2cc3c(cc2[N+](=O)[O-])OCO3)o1. The maximum Gasteiger partial charge on any atom is 0.284 e. The van der Waals surface area contributed by atoms with E-state index in [1.165, 1.54) is 24.3 Å². The number of carbonyl (C=O) groups excluding carboxylic acids is 1. The highest BCUT2D eigenvalue weighted by molar-refractivity contribution is 5.77. The molecular weight excluding hydrogens is 254 g/mol. The number of hydrogen-bond acceptors (Lipinski definition) is 6. The smallest absolute Gasteiger partial charge is 0.284 e. The Morgan fingerprint density at radius 3 is 2.58 bits per heavy atom. The number of carbonyl (C=O) groups is 1. The van der Waals surface area contributed by atoms with Crippen LogP contribution in [0.1, 0.15) is 10.6 Å². The van der Waals surface area contributed by atoms with E-state index in [2.05, 4.69) is 0 Å². The van der Waals surface area contributed by atoms with Crippen LogP contribution in [0.25, 0.3) is 11.3 Å². The molecule has 96 valence electrons. The van der Waals surface area contributed by atoms with Crippen molar-refractivity contribution in [3.05, 3.63) is 40.1 Å². The third-order valence-corrected chi connectivity index (χ3v) is 2.70. The highest BCUT2D eigenvalue weighted by Crippen LogP contribution is 2.42. The highest BCUT2D eigenvalue weighted by atomic mass is 16.7. The lowest BCUT2D eigenvalue weighted by Crippen LogP contribution is -1.93. The van der Waals surface area contributed by atoms with Crippen LogP contribution in [0.3, 0.4) is 0 Å². The minimum atomic E-state index is -0.541. The minimum absolute atomic E-state index is 0.0215. The Morgan fingerprint density at radius 1 is 1.21 bits per heavy atom. The Balaban J connectivity index is 2.18. The zero-order chi connectivity index (χ0) is 13.4. The maximum atomic E-state index is 11.1. The molecule has 0 N–H and O–H groups in total. The zero-order valence-electron chi connectivity index (χ0n) is 9.49. The van der Waals surface area contributed by atoms with E-state index >= 15 is 0 Å². The van der Waals surface area contributed by atoms with Gasteiger partial charge in [-0.25, -0.2) is 0 Å². The van der Waals surface area contributed by atoms with E-state index in [1.807, 2.05) is 0 Å². The fraction of sp³-hybridized carbons (Fsp3) is 0.0833. The molecule has 2 aromatic rings. The first kappa shape index (κ1) is 11.3. The molecule has 0 bridgehead atoms. The second-order valence-electron chi connectivity index (χ2n) is 3.80. The van der Waals surface area contributed by atoms with Crippen molar-refractivity contribution in [2.75, 3.05) is 6.79 Å². The molecule has 3 rings (SSSR count). The van der Waals surface area contributed by atoms with Gasteiger partial charge in [-0.15, -0.1) is 0 Å². The summed E-state index contributed by atoms with van der Waals surface area (Å²) in [6.45, 7) is 0.0215. The molecule has 0 saturated heterocycles. The lowest BCUT2D eigenvalue weighted by molar-refractivity contribution is -0.384. The minimum Gasteiger partial charge on any atom is -0.454 e. The topological polar surface area (TPSA) is 91.8 Å². The summed E-state index contributed by atoms with van der Waals surface area (Å²) in [5.74, 6) is 1.05. The number of rotatable bonds is 3. The van der Waals surface area contributed by atoms with Crippen molar-refractivity contribution in [3.63, 3.8) is 0 Å². The quantitative estimate of drug-likeness (QED) is 0.478. The van der Waals surface area contributed by atoms with Crippen LogP contribution in [-0.4, -0.2) is 18.0 Å². The first-order valence-corrected chi connectivity index (χ1v) is 5.32. The van der Waals surface area contributed by atoms with Crippen molar-refractivity contribution in [2.24, 2.45) is 0 Å². The largest absolute Gasteiger partial charge is 0.454 e. The number of benzene rings is 1. The van der Waals surface area contributed by atoms with Gasteiger partial charge in [0.1, 0.15) is 5.76 Å². The van der Waals surface area contributed by atoms with Gasteiger partial charge in [0.15, 0.2) is 23.5 Å². The van der Waals surface area contributed by atoms with Gasteiger partial charge in [0.25, 0.3) is 5.69 Å². The van der Waals surface area contributed by atoms with Gasteiger partial charge in [0, 0.05) is 6.07 Å². The third kappa shape index (κ3) is 1.81. The summed E-state index contributed by atoms with van der Waals surface area (Å²) in [6.07, 6.45) is 0.530. The number of aldehydes is 1. The number of nitro benzene ring substituents is 1. The van der Waals surface area contributed by atoms with Crippen molar-refractivity contribution in [3.8, 4) is 22.8 Å². The summed E-state index contributed by atoms with van der Waals surface area (Å²) in [5, 5.41) is 11.1. The third-order valence-electron chi connectivity index (χ3n) is 2.70. The van der Waals surface area contributed by atoms with Gasteiger partial charge in [-0.05, 0) is 12.1 Å². The van der Waals surface area contributed by atoms with Crippen molar-refractivity contribution in [1.82, 2.24) is 0 Å². The molecule has 7 heteroatoms. The summed E-state index contributed by atoms with van der Waals surface area (Å²) in [7, 11) is 0. The second kappa shape index (κ2) is 4.13. The molecule has 0 amide bonds. The number of nitro groups is 1. The Kier molecular flexibility index (Phi) is 2.45. The van der Waals surface area contributed by atoms with Crippen LogP contribution < -0.4 is 9.47 Å². The van der Waals surface area contributed by atoms with Gasteiger partial charge >= 0.3 is 0 Å². The monoisotopic (exact) mass is 261 g/mol. The first-order chi connectivity index (χ1) is 9.19. The Bertz CT molecular complexity index is 675. The van der Waals surface area contributed by atoms with Crippen LogP contribution >= 0.6 is 0 Å². The Hall–Kier alpha value is -2.83. The summed E-state index contributed by atoms with van der Waals surface area (Å²) < 4.78 is 15.5. The van der Waals surface area contributed by atoms with Crippen LogP contribution in [0.4, 0.5) is 5.69 Å². The first-order valence-electron chi connectivity index (χ1n) is 5.32. The molecule has 0 aliphatic carbocycles. The van der Waals surface area contributed by atoms with Crippen molar-refractivity contribution < 1.29 is 23.6 Å². The van der Waals surface area contributed by atoms with Gasteiger partial charge < -0.3 is 13.9 Å². The number of fused-ring (bicyclic) bond motifs is 1. The molecular formula is C12H7NO6. The Labute approximate surface area is 106 Å². The van der Waals surface area contributed by atoms with Gasteiger partial charge in [0.2, 0.25) is 6.79 Å². The number of furan rings is 1. The van der Waals surface area contributed by atoms with Gasteiger partial charge in [-0.2, -0.15) is 0 Å². The van der Waals surface area contributed by atoms with Gasteiger partial charge in [-0.1, -0.05) is 0 Å². The summed E-state index contributed by atoms with van der Waals surface area (Å²) in [4.78, 5) is 21.1. The van der Waals surface area contributed by atoms with Crippen LogP contribution in [0.5, 0.6) is 11.5 Å². The van der Waals surface area contributed by atoms with Gasteiger partial charge in [-0.3, -0.25) is 14.9 Å². The molecule has 1 aromatic heterocycles. The normalized spacial score (nSPS) is 12.4. The van der Waals surface area contributed by atoms with E-state index in [9.17, 15) is 14.9 Å². The van der Waals surface area contributed by atoms with Crippen molar-refractivity contribution in [2.45, 2.75) is 0 Å². The molecule has 1 aliphatic heterocycles. The Morgan fingerprint density at radius 2 is 1.95 bits per heavy atom. The molecule has 0 spiro atoms. The van der Waals surface area contributed by atoms with Crippen LogP contribution in [0.15, 0.2) is 28.7 Å². The fourth-order valence-corrected chi connectivity index (χ4v) is 1.84. The summed E-state index contributed by atoms with van der Waals surface area (Å²) in [5.41, 5.74) is 0.0680. The molecule has 1 aliphatic rings. The second-order valence-corrected chi connectivity index (χ2v) is 3.80. The maximum absolute atomic E-state index is 11.1. The molecule has 2 heterocycles. The lowest BCUT2D eigenvalue weighted by Gasteiger charge is -2.02. The average molecular weight is 261 g/mol. The van der Waals surface area contributed by atoms with E-state index in [0.717, 1.165) is 0 Å². The van der Waals surface area contributed by atoms with E-state index in [0.29, 0.717) is 17.8 Å². The van der Waals surface area contributed by atoms with E-state index in [4.69, 9.17) is 13.9 Å². The average Bonchev–Trinajstić information content (AvgIpc) is 3.05. The zero-order valence-corrected chi connectivity index (χ0v) is 9.49. The van der Waals surface area contributed by atoms with Gasteiger partial charge in [0.05, 0.1) is 16.6 Å². The van der Waals surface area contributed by atoms with E-state index in [-0.39, 0.29) is 29.6 Å². The molecule has 7 nitrogen and oxygen atoms in total. The predicted molar refractivity (Wildman–Crippen MR) is 62.3 cm³/mol. The van der Waals surface area contributed by atoms with Crippen LogP contribution in [0, 0.1) is 10.1 Å². The molecule has 0 radical (unpaired) electrons. The number of nitrogens with zero attached hydrogens (tertiary/aromatic N) is 1. The number of ether oxygens (including phenoxy) is 2. The van der Waals surface area contributed by atoms with E-state index in [1.54, 1.807) is 0 Å². The molecule has 0 saturated carbocycles. The van der Waals surface area contributed by atoms with E-state index < -0.39 is 4.92 Å². The molecule has 19 heavy (non-hydrogen) atoms. The molecule has 1 aromatic carbocycles. The summed E-state index contributed by atoms with van der Waals surface area (Å²) in [6, 6.07) is 5.68. The number of hydrogen-bond donors (Lipinski definition) is 0. The molecule has 0 unspecified atom stereocenters. The van der Waals surface area contributed by atoms with Crippen LogP contribution in [0.2, 0.25) is 0 Å². The predicted octanol–water partition coefficient (Wildman–Crippen LogP) is 2.40. The van der Waals surface area contributed by atoms with Crippen molar-refractivity contribution >= 4 is 12.0 Å². The molecule has 0 fully saturated rings. The fourth-order valence-electron chi connectivity index (χ4n) is 1.84. The molecule has 0 atom stereocenters. The standard InChI is InChI=1S/C12H7NO6/c14-5-7-1-2-10(19-7)8-3-11-12(18-6-17-11)4-9(8)13(15)16/h1-5H,6H2. The lowest BCUT2D eigenvalue weighted by atomic mass is 10.1. The van der Waals surface area contributed by atoms with Crippen molar-refractivity contribution in [1.29, 1.82) is 0 Å². The highest BCUT2D eigenvalue weighted by Gasteiger charge is 2.25. The summed E-state index contributed by atoms with van der Waals surface area (Å²) >= 11 is 0.